The van der Waals surface area contributed by atoms with E-state index in [0.717, 1.165) is 63.8 Å². The predicted octanol–water partition coefficient (Wildman–Crippen LogP) is 1.77. The van der Waals surface area contributed by atoms with Crippen LogP contribution >= 0.6 is 0 Å². The Morgan fingerprint density at radius 1 is 1.24 bits per heavy atom. The number of morpholine rings is 1. The Hall–Kier alpha value is -2.18. The maximum atomic E-state index is 5.87. The molecule has 1 fully saturated rings. The Labute approximate surface area is 148 Å². The lowest BCUT2D eigenvalue weighted by Gasteiger charge is -2.33. The van der Waals surface area contributed by atoms with Crippen LogP contribution in [-0.2, 0) is 17.6 Å². The van der Waals surface area contributed by atoms with E-state index in [9.17, 15) is 0 Å². The van der Waals surface area contributed by atoms with Crippen molar-refractivity contribution >= 4 is 5.82 Å². The molecule has 0 spiro atoms. The maximum absolute atomic E-state index is 5.87. The molecule has 3 heterocycles. The minimum absolute atomic E-state index is 0.184. The fraction of sp³-hybridized carbons (Fsp3) is 0.474. The summed E-state index contributed by atoms with van der Waals surface area (Å²) in [6.07, 6.45) is 3.97. The van der Waals surface area contributed by atoms with Gasteiger partial charge in [-0.1, -0.05) is 12.1 Å². The summed E-state index contributed by atoms with van der Waals surface area (Å²) in [6, 6.07) is 10.4. The number of rotatable bonds is 6. The van der Waals surface area contributed by atoms with Crippen LogP contribution in [0.15, 0.2) is 36.5 Å². The van der Waals surface area contributed by atoms with Gasteiger partial charge in [0.25, 0.3) is 0 Å². The third-order valence-corrected chi connectivity index (χ3v) is 4.78. The topological polar surface area (TPSA) is 59.5 Å². The summed E-state index contributed by atoms with van der Waals surface area (Å²) in [7, 11) is 0. The molecule has 1 N–H and O–H groups in total. The van der Waals surface area contributed by atoms with E-state index < -0.39 is 0 Å². The van der Waals surface area contributed by atoms with E-state index >= 15 is 0 Å². The molecule has 2 aromatic rings. The molecule has 1 saturated heterocycles. The Morgan fingerprint density at radius 2 is 2.24 bits per heavy atom. The van der Waals surface area contributed by atoms with E-state index in [1.807, 2.05) is 12.1 Å². The lowest BCUT2D eigenvalue weighted by Crippen LogP contribution is -2.46. The van der Waals surface area contributed by atoms with Crippen LogP contribution in [0.4, 0.5) is 5.82 Å². The zero-order valence-electron chi connectivity index (χ0n) is 14.4. The summed E-state index contributed by atoms with van der Waals surface area (Å²) in [6.45, 7) is 5.36. The van der Waals surface area contributed by atoms with Gasteiger partial charge >= 0.3 is 0 Å². The average Bonchev–Trinajstić information content (AvgIpc) is 3.14. The van der Waals surface area contributed by atoms with Crippen LogP contribution in [0.25, 0.3) is 0 Å². The van der Waals surface area contributed by atoms with Crippen molar-refractivity contribution in [3.05, 3.63) is 47.7 Å². The van der Waals surface area contributed by atoms with Gasteiger partial charge in [-0.3, -0.25) is 4.90 Å². The number of aromatic nitrogens is 2. The third-order valence-electron chi connectivity index (χ3n) is 4.78. The van der Waals surface area contributed by atoms with Crippen molar-refractivity contribution in [3.8, 4) is 5.75 Å². The molecule has 1 aromatic carbocycles. The van der Waals surface area contributed by atoms with Crippen molar-refractivity contribution in [1.82, 2.24) is 15.1 Å². The number of hydrogen-bond donors (Lipinski definition) is 1. The highest BCUT2D eigenvalue weighted by Crippen LogP contribution is 2.26. The van der Waals surface area contributed by atoms with Gasteiger partial charge in [0.1, 0.15) is 11.6 Å². The van der Waals surface area contributed by atoms with Crippen LogP contribution in [-0.4, -0.2) is 60.6 Å². The second-order valence-electron chi connectivity index (χ2n) is 6.57. The molecule has 1 aromatic heterocycles. The van der Waals surface area contributed by atoms with Crippen LogP contribution in [0.2, 0.25) is 0 Å². The van der Waals surface area contributed by atoms with Crippen LogP contribution in [0.1, 0.15) is 11.1 Å². The normalized spacial score (nSPS) is 20.1. The fourth-order valence-corrected chi connectivity index (χ4v) is 3.40. The molecule has 6 nitrogen and oxygen atoms in total. The van der Waals surface area contributed by atoms with Gasteiger partial charge in [0.15, 0.2) is 0 Å². The monoisotopic (exact) mass is 340 g/mol. The van der Waals surface area contributed by atoms with E-state index in [1.165, 1.54) is 11.1 Å². The smallest absolute Gasteiger partial charge is 0.148 e. The lowest BCUT2D eigenvalue weighted by atomic mass is 10.1. The predicted molar refractivity (Wildman–Crippen MR) is 96.0 cm³/mol. The molecule has 1 atom stereocenters. The highest BCUT2D eigenvalue weighted by molar-refractivity contribution is 5.39. The molecule has 0 bridgehead atoms. The van der Waals surface area contributed by atoms with Crippen molar-refractivity contribution in [2.75, 3.05) is 44.7 Å². The minimum Gasteiger partial charge on any atom is -0.493 e. The van der Waals surface area contributed by atoms with Crippen molar-refractivity contribution in [1.29, 1.82) is 0 Å². The van der Waals surface area contributed by atoms with Gasteiger partial charge in [0.2, 0.25) is 0 Å². The first-order valence-electron chi connectivity index (χ1n) is 8.97. The zero-order valence-corrected chi connectivity index (χ0v) is 14.4. The van der Waals surface area contributed by atoms with E-state index in [4.69, 9.17) is 9.47 Å². The standard InChI is InChI=1S/C19H24N4O2/c1-2-19(22-21-7-1)20-13-17-14-23(9-11-24-17)8-5-15-3-4-18-16(12-15)6-10-25-18/h1-4,7,12,17H,5-6,8-11,13-14H2,(H,20,22)/t17-/m1/s1. The zero-order chi connectivity index (χ0) is 16.9. The molecule has 25 heavy (non-hydrogen) atoms. The van der Waals surface area contributed by atoms with Crippen LogP contribution < -0.4 is 10.1 Å². The molecule has 0 amide bonds. The molecular formula is C19H24N4O2. The number of nitrogens with zero attached hydrogens (tertiary/aromatic N) is 3. The third kappa shape index (κ3) is 4.27. The molecule has 0 unspecified atom stereocenters. The Bertz CT molecular complexity index is 695. The van der Waals surface area contributed by atoms with Crippen molar-refractivity contribution in [3.63, 3.8) is 0 Å². The molecule has 2 aliphatic heterocycles. The number of fused-ring (bicyclic) bond motifs is 1. The summed E-state index contributed by atoms with van der Waals surface area (Å²) >= 11 is 0. The second-order valence-corrected chi connectivity index (χ2v) is 6.57. The van der Waals surface area contributed by atoms with Gasteiger partial charge in [-0.2, -0.15) is 5.10 Å². The summed E-state index contributed by atoms with van der Waals surface area (Å²) < 4.78 is 11.5. The Morgan fingerprint density at radius 3 is 3.16 bits per heavy atom. The molecule has 2 aliphatic rings. The van der Waals surface area contributed by atoms with Crippen LogP contribution in [0, 0.1) is 0 Å². The molecule has 132 valence electrons. The maximum Gasteiger partial charge on any atom is 0.148 e. The van der Waals surface area contributed by atoms with E-state index in [1.54, 1.807) is 6.20 Å². The van der Waals surface area contributed by atoms with E-state index in [2.05, 4.69) is 38.6 Å². The molecule has 0 radical (unpaired) electrons. The first-order chi connectivity index (χ1) is 12.4. The van der Waals surface area contributed by atoms with Gasteiger partial charge in [-0.25, -0.2) is 0 Å². The molecular weight excluding hydrogens is 316 g/mol. The Balaban J connectivity index is 1.25. The van der Waals surface area contributed by atoms with Gasteiger partial charge < -0.3 is 14.8 Å². The summed E-state index contributed by atoms with van der Waals surface area (Å²) in [5.74, 6) is 1.86. The van der Waals surface area contributed by atoms with E-state index in [-0.39, 0.29) is 6.10 Å². The summed E-state index contributed by atoms with van der Waals surface area (Å²) in [5.41, 5.74) is 2.75. The van der Waals surface area contributed by atoms with Crippen LogP contribution in [0.5, 0.6) is 5.75 Å². The SMILES string of the molecule is c1cnnc(NC[C@@H]2CN(CCc3ccc4c(c3)CCO4)CCO2)c1. The second kappa shape index (κ2) is 7.80. The number of nitrogens with one attached hydrogen (secondary N) is 1. The van der Waals surface area contributed by atoms with Crippen molar-refractivity contribution < 1.29 is 9.47 Å². The van der Waals surface area contributed by atoms with Crippen molar-refractivity contribution in [2.24, 2.45) is 0 Å². The molecule has 0 aliphatic carbocycles. The first-order valence-corrected chi connectivity index (χ1v) is 8.97. The molecule has 6 heteroatoms. The van der Waals surface area contributed by atoms with Crippen molar-refractivity contribution in [2.45, 2.75) is 18.9 Å². The highest BCUT2D eigenvalue weighted by atomic mass is 16.5. The lowest BCUT2D eigenvalue weighted by molar-refractivity contribution is -0.0206. The Kier molecular flexibility index (Phi) is 5.09. The number of hydrogen-bond acceptors (Lipinski definition) is 6. The highest BCUT2D eigenvalue weighted by Gasteiger charge is 2.20. The molecule has 4 rings (SSSR count). The fourth-order valence-electron chi connectivity index (χ4n) is 3.40. The largest absolute Gasteiger partial charge is 0.493 e. The van der Waals surface area contributed by atoms with E-state index in [0.29, 0.717) is 0 Å². The van der Waals surface area contributed by atoms with Gasteiger partial charge in [0.05, 0.1) is 19.3 Å². The molecule has 0 saturated carbocycles. The van der Waals surface area contributed by atoms with Crippen LogP contribution in [0.3, 0.4) is 0 Å². The van der Waals surface area contributed by atoms with Gasteiger partial charge in [0, 0.05) is 38.8 Å². The van der Waals surface area contributed by atoms with Gasteiger partial charge in [-0.15, -0.1) is 5.10 Å². The quantitative estimate of drug-likeness (QED) is 0.865. The summed E-state index contributed by atoms with van der Waals surface area (Å²) in [5, 5.41) is 11.2. The van der Waals surface area contributed by atoms with Gasteiger partial charge in [-0.05, 0) is 35.7 Å². The average molecular weight is 340 g/mol. The number of ether oxygens (including phenoxy) is 2. The minimum atomic E-state index is 0.184. The number of anilines is 1. The first kappa shape index (κ1) is 16.3. The number of benzene rings is 1. The summed E-state index contributed by atoms with van der Waals surface area (Å²) in [4.78, 5) is 2.48.